The van der Waals surface area contributed by atoms with Crippen molar-refractivity contribution in [2.45, 2.75) is 18.9 Å². The van der Waals surface area contributed by atoms with Crippen molar-refractivity contribution in [1.82, 2.24) is 14.9 Å². The number of hydrogen-bond donors (Lipinski definition) is 2. The highest BCUT2D eigenvalue weighted by atomic mass is 32.1. The number of pyridine rings is 2. The Hall–Kier alpha value is -2.82. The molecule has 1 saturated heterocycles. The molecule has 0 aliphatic carbocycles. The smallest absolute Gasteiger partial charge is 0.409 e. The second-order valence-electron chi connectivity index (χ2n) is 6.26. The fourth-order valence-electron chi connectivity index (χ4n) is 3.09. The van der Waals surface area contributed by atoms with E-state index in [9.17, 15) is 18.8 Å². The van der Waals surface area contributed by atoms with Crippen LogP contribution in [0, 0.1) is 5.82 Å². The lowest BCUT2D eigenvalue weighted by Gasteiger charge is -2.34. The molecule has 1 aliphatic heterocycles. The maximum Gasteiger partial charge on any atom is 0.409 e. The van der Waals surface area contributed by atoms with Crippen LogP contribution in [0.4, 0.5) is 15.0 Å². The van der Waals surface area contributed by atoms with Crippen LogP contribution in [-0.2, 0) is 9.47 Å². The molecule has 2 aromatic rings. The lowest BCUT2D eigenvalue weighted by molar-refractivity contribution is 0.0520. The van der Waals surface area contributed by atoms with Crippen LogP contribution in [-0.4, -0.2) is 66.3 Å². The standard InChI is InChI=1S/C18H21FN4O5S/c1-3-27-17(25)12-13(24)10-9-11(19)15(20-14(10)21-16(12)29)22-5-7-23(8-6-22)18(26)28-4-2/h9H,3-8H2,1-2H3,(H2,20,21,24,29). The Balaban J connectivity index is 1.91. The molecule has 2 aromatic heterocycles. The summed E-state index contributed by atoms with van der Waals surface area (Å²) in [6.07, 6.45) is -0.408. The minimum Gasteiger partial charge on any atom is -0.462 e. The molecule has 0 aromatic carbocycles. The van der Waals surface area contributed by atoms with E-state index < -0.39 is 23.3 Å². The van der Waals surface area contributed by atoms with Gasteiger partial charge in [-0.25, -0.2) is 19.0 Å². The second kappa shape index (κ2) is 8.68. The molecular formula is C18H21FN4O5S. The molecule has 1 fully saturated rings. The number of hydrogen-bond acceptors (Lipinski definition) is 8. The fraction of sp³-hybridized carbons (Fsp3) is 0.444. The summed E-state index contributed by atoms with van der Waals surface area (Å²) in [6.45, 7) is 5.13. The molecule has 0 spiro atoms. The zero-order valence-electron chi connectivity index (χ0n) is 16.0. The highest BCUT2D eigenvalue weighted by Gasteiger charge is 2.26. The van der Waals surface area contributed by atoms with Gasteiger partial charge in [-0.1, -0.05) is 0 Å². The molecule has 1 amide bonds. The van der Waals surface area contributed by atoms with E-state index in [0.29, 0.717) is 26.2 Å². The number of aromatic nitrogens is 2. The molecule has 1 N–H and O–H groups in total. The number of amides is 1. The first-order valence-corrected chi connectivity index (χ1v) is 9.61. The first kappa shape index (κ1) is 20.9. The number of anilines is 1. The number of H-pyrrole nitrogens is 1. The number of carbonyl (C=O) groups is 2. The molecule has 3 rings (SSSR count). The molecule has 9 nitrogen and oxygen atoms in total. The van der Waals surface area contributed by atoms with Crippen molar-refractivity contribution in [3.8, 4) is 0 Å². The molecule has 156 valence electrons. The van der Waals surface area contributed by atoms with Gasteiger partial charge in [0.2, 0.25) is 5.43 Å². The number of aromatic amines is 1. The number of halogens is 1. The third-order valence-electron chi connectivity index (χ3n) is 4.49. The van der Waals surface area contributed by atoms with E-state index in [4.69, 9.17) is 9.47 Å². The first-order valence-electron chi connectivity index (χ1n) is 9.16. The second-order valence-corrected chi connectivity index (χ2v) is 6.71. The third kappa shape index (κ3) is 4.14. The Morgan fingerprint density at radius 3 is 2.48 bits per heavy atom. The van der Waals surface area contributed by atoms with Crippen molar-refractivity contribution in [3.63, 3.8) is 0 Å². The van der Waals surface area contributed by atoms with Gasteiger partial charge in [0.15, 0.2) is 11.6 Å². The van der Waals surface area contributed by atoms with Crippen LogP contribution in [0.1, 0.15) is 24.2 Å². The van der Waals surface area contributed by atoms with Gasteiger partial charge in [0.05, 0.1) is 23.6 Å². The molecule has 0 bridgehead atoms. The summed E-state index contributed by atoms with van der Waals surface area (Å²) in [5.74, 6) is -1.48. The van der Waals surface area contributed by atoms with Gasteiger partial charge in [0, 0.05) is 26.2 Å². The van der Waals surface area contributed by atoms with Crippen molar-refractivity contribution >= 4 is 41.5 Å². The van der Waals surface area contributed by atoms with Gasteiger partial charge in [-0.05, 0) is 19.9 Å². The summed E-state index contributed by atoms with van der Waals surface area (Å²) in [5.41, 5.74) is -0.885. The molecule has 1 aliphatic rings. The number of carbonyl (C=O) groups excluding carboxylic acids is 2. The fourth-order valence-corrected chi connectivity index (χ4v) is 3.39. The average Bonchev–Trinajstić information content (AvgIpc) is 2.69. The minimum absolute atomic E-state index is 0.00172. The van der Waals surface area contributed by atoms with Gasteiger partial charge in [-0.2, -0.15) is 0 Å². The van der Waals surface area contributed by atoms with E-state index in [1.807, 2.05) is 0 Å². The maximum absolute atomic E-state index is 14.7. The van der Waals surface area contributed by atoms with Gasteiger partial charge < -0.3 is 24.3 Å². The Bertz CT molecular complexity index is 1000. The van der Waals surface area contributed by atoms with Crippen LogP contribution in [0.3, 0.4) is 0 Å². The number of piperazine rings is 1. The third-order valence-corrected chi connectivity index (χ3v) is 4.82. The van der Waals surface area contributed by atoms with Gasteiger partial charge in [0.1, 0.15) is 11.2 Å². The summed E-state index contributed by atoms with van der Waals surface area (Å²) in [7, 11) is 0. The number of thiol groups is 1. The van der Waals surface area contributed by atoms with E-state index in [1.165, 1.54) is 4.90 Å². The summed E-state index contributed by atoms with van der Waals surface area (Å²) in [5, 5.41) is -0.0737. The van der Waals surface area contributed by atoms with Gasteiger partial charge >= 0.3 is 12.1 Å². The largest absolute Gasteiger partial charge is 0.462 e. The monoisotopic (exact) mass is 424 g/mol. The zero-order chi connectivity index (χ0) is 21.1. The maximum atomic E-state index is 14.7. The normalized spacial score (nSPS) is 14.2. The SMILES string of the molecule is CCOC(=O)c1c(S)[nH]c2nc(N3CCN(C(=O)OCC)CC3)c(F)cc2c1=O. The van der Waals surface area contributed by atoms with E-state index in [1.54, 1.807) is 18.7 Å². The Morgan fingerprint density at radius 1 is 1.21 bits per heavy atom. The number of fused-ring (bicyclic) bond motifs is 1. The van der Waals surface area contributed by atoms with E-state index in [-0.39, 0.29) is 40.7 Å². The Kier molecular flexibility index (Phi) is 6.26. The molecule has 0 radical (unpaired) electrons. The summed E-state index contributed by atoms with van der Waals surface area (Å²) >= 11 is 4.16. The Morgan fingerprint density at radius 2 is 1.86 bits per heavy atom. The number of esters is 1. The lowest BCUT2D eigenvalue weighted by Crippen LogP contribution is -2.49. The van der Waals surface area contributed by atoms with Crippen LogP contribution >= 0.6 is 12.6 Å². The van der Waals surface area contributed by atoms with Crippen molar-refractivity contribution < 1.29 is 23.5 Å². The van der Waals surface area contributed by atoms with E-state index in [0.717, 1.165) is 6.07 Å². The van der Waals surface area contributed by atoms with Crippen molar-refractivity contribution in [2.24, 2.45) is 0 Å². The van der Waals surface area contributed by atoms with Crippen molar-refractivity contribution in [2.75, 3.05) is 44.3 Å². The quantitative estimate of drug-likeness (QED) is 0.570. The van der Waals surface area contributed by atoms with Crippen LogP contribution in [0.2, 0.25) is 0 Å². The van der Waals surface area contributed by atoms with Gasteiger partial charge in [-0.15, -0.1) is 12.6 Å². The van der Waals surface area contributed by atoms with Crippen LogP contribution in [0.15, 0.2) is 15.9 Å². The van der Waals surface area contributed by atoms with Crippen LogP contribution in [0.25, 0.3) is 11.0 Å². The average molecular weight is 424 g/mol. The number of nitrogens with one attached hydrogen (secondary N) is 1. The van der Waals surface area contributed by atoms with E-state index in [2.05, 4.69) is 22.6 Å². The summed E-state index contributed by atoms with van der Waals surface area (Å²) in [4.78, 5) is 46.7. The van der Waals surface area contributed by atoms with Crippen molar-refractivity contribution in [1.29, 1.82) is 0 Å². The predicted molar refractivity (Wildman–Crippen MR) is 106 cm³/mol. The number of rotatable bonds is 4. The van der Waals surface area contributed by atoms with E-state index >= 15 is 0 Å². The molecule has 11 heteroatoms. The number of ether oxygens (including phenoxy) is 2. The highest BCUT2D eigenvalue weighted by molar-refractivity contribution is 7.80. The van der Waals surface area contributed by atoms with Crippen LogP contribution in [0.5, 0.6) is 0 Å². The molecule has 29 heavy (non-hydrogen) atoms. The predicted octanol–water partition coefficient (Wildman–Crippen LogP) is 1.81. The first-order chi connectivity index (χ1) is 13.9. The van der Waals surface area contributed by atoms with Crippen molar-refractivity contribution in [3.05, 3.63) is 27.7 Å². The summed E-state index contributed by atoms with van der Waals surface area (Å²) < 4.78 is 24.6. The number of nitrogens with zero attached hydrogens (tertiary/aromatic N) is 3. The highest BCUT2D eigenvalue weighted by Crippen LogP contribution is 2.23. The molecular weight excluding hydrogens is 403 g/mol. The van der Waals surface area contributed by atoms with Crippen LogP contribution < -0.4 is 10.3 Å². The summed E-state index contributed by atoms with van der Waals surface area (Å²) in [6, 6.07) is 1.05. The Labute approximate surface area is 171 Å². The zero-order valence-corrected chi connectivity index (χ0v) is 16.9. The van der Waals surface area contributed by atoms with Gasteiger partial charge in [0.25, 0.3) is 0 Å². The van der Waals surface area contributed by atoms with Gasteiger partial charge in [-0.3, -0.25) is 4.79 Å². The topological polar surface area (TPSA) is 105 Å². The molecule has 0 atom stereocenters. The lowest BCUT2D eigenvalue weighted by atomic mass is 10.2. The molecule has 3 heterocycles. The molecule has 0 saturated carbocycles. The minimum atomic E-state index is -0.833. The molecule has 0 unspecified atom stereocenters.